The van der Waals surface area contributed by atoms with Gasteiger partial charge in [0, 0.05) is 28.9 Å². The maximum absolute atomic E-state index is 9.55. The molecule has 0 radical (unpaired) electrons. The van der Waals surface area contributed by atoms with Crippen molar-refractivity contribution in [3.8, 4) is 11.8 Å². The Morgan fingerprint density at radius 3 is 2.82 bits per heavy atom. The summed E-state index contributed by atoms with van der Waals surface area (Å²) in [6.07, 6.45) is 6.82. The standard InChI is InChI=1S/C18H23N3S/c1-18(2,3)20-12-13-7-6-10-21(13)17-14-8-4-5-9-15(14)22-16(17)11-19/h6-7,10,20H,4-5,8-9,12H2,1-3H3. The predicted molar refractivity (Wildman–Crippen MR) is 91.6 cm³/mol. The van der Waals surface area contributed by atoms with E-state index in [9.17, 15) is 5.26 Å². The van der Waals surface area contributed by atoms with E-state index >= 15 is 0 Å². The van der Waals surface area contributed by atoms with E-state index in [1.165, 1.54) is 29.0 Å². The monoisotopic (exact) mass is 313 g/mol. The molecule has 0 fully saturated rings. The summed E-state index contributed by atoms with van der Waals surface area (Å²) < 4.78 is 2.22. The lowest BCUT2D eigenvalue weighted by atomic mass is 9.97. The summed E-state index contributed by atoms with van der Waals surface area (Å²) in [6.45, 7) is 7.33. The number of nitrogens with one attached hydrogen (secondary N) is 1. The second-order valence-electron chi connectivity index (χ2n) is 6.97. The van der Waals surface area contributed by atoms with Crippen LogP contribution in [0, 0.1) is 11.3 Å². The molecule has 2 heterocycles. The molecule has 0 saturated heterocycles. The second-order valence-corrected chi connectivity index (χ2v) is 8.08. The first-order valence-corrected chi connectivity index (χ1v) is 8.77. The Bertz CT molecular complexity index is 710. The van der Waals surface area contributed by atoms with Crippen molar-refractivity contribution in [1.29, 1.82) is 5.26 Å². The van der Waals surface area contributed by atoms with Gasteiger partial charge in [-0.2, -0.15) is 5.26 Å². The van der Waals surface area contributed by atoms with E-state index in [4.69, 9.17) is 0 Å². The molecule has 3 rings (SSSR count). The third kappa shape index (κ3) is 2.97. The van der Waals surface area contributed by atoms with Crippen LogP contribution in [0.3, 0.4) is 0 Å². The molecule has 2 aromatic heterocycles. The lowest BCUT2D eigenvalue weighted by Crippen LogP contribution is -2.35. The topological polar surface area (TPSA) is 40.8 Å². The summed E-state index contributed by atoms with van der Waals surface area (Å²) in [5.41, 5.74) is 3.85. The molecule has 2 aromatic rings. The lowest BCUT2D eigenvalue weighted by molar-refractivity contribution is 0.419. The maximum atomic E-state index is 9.55. The number of aromatic nitrogens is 1. The van der Waals surface area contributed by atoms with Gasteiger partial charge in [0.2, 0.25) is 0 Å². The number of nitriles is 1. The van der Waals surface area contributed by atoms with Crippen LogP contribution < -0.4 is 5.32 Å². The summed E-state index contributed by atoms with van der Waals surface area (Å²) in [4.78, 5) is 2.28. The summed E-state index contributed by atoms with van der Waals surface area (Å²) in [6, 6.07) is 6.64. The van der Waals surface area contributed by atoms with Crippen molar-refractivity contribution in [1.82, 2.24) is 9.88 Å². The van der Waals surface area contributed by atoms with E-state index in [1.54, 1.807) is 11.3 Å². The highest BCUT2D eigenvalue weighted by Gasteiger charge is 2.23. The molecule has 0 bridgehead atoms. The first-order valence-electron chi connectivity index (χ1n) is 7.96. The summed E-state index contributed by atoms with van der Waals surface area (Å²) in [5, 5.41) is 13.1. The van der Waals surface area contributed by atoms with Gasteiger partial charge in [-0.15, -0.1) is 11.3 Å². The van der Waals surface area contributed by atoms with Crippen LogP contribution in [0.2, 0.25) is 0 Å². The van der Waals surface area contributed by atoms with Crippen LogP contribution in [0.15, 0.2) is 18.3 Å². The Morgan fingerprint density at radius 2 is 2.09 bits per heavy atom. The summed E-state index contributed by atoms with van der Waals surface area (Å²) in [7, 11) is 0. The van der Waals surface area contributed by atoms with Gasteiger partial charge in [-0.05, 0) is 64.2 Å². The highest BCUT2D eigenvalue weighted by Crippen LogP contribution is 2.37. The van der Waals surface area contributed by atoms with E-state index < -0.39 is 0 Å². The van der Waals surface area contributed by atoms with E-state index in [1.807, 2.05) is 0 Å². The van der Waals surface area contributed by atoms with Gasteiger partial charge in [0.15, 0.2) is 0 Å². The normalized spacial score (nSPS) is 14.6. The zero-order valence-corrected chi connectivity index (χ0v) is 14.4. The van der Waals surface area contributed by atoms with Crippen LogP contribution in [0.25, 0.3) is 5.69 Å². The van der Waals surface area contributed by atoms with E-state index in [-0.39, 0.29) is 5.54 Å². The van der Waals surface area contributed by atoms with Crippen molar-refractivity contribution in [2.45, 2.75) is 58.5 Å². The Labute approximate surface area is 136 Å². The molecule has 1 aliphatic carbocycles. The van der Waals surface area contributed by atoms with Crippen LogP contribution in [0.5, 0.6) is 0 Å². The van der Waals surface area contributed by atoms with Crippen LogP contribution >= 0.6 is 11.3 Å². The number of hydrogen-bond donors (Lipinski definition) is 1. The molecule has 3 nitrogen and oxygen atoms in total. The Kier molecular flexibility index (Phi) is 4.12. The molecule has 0 atom stereocenters. The molecule has 4 heteroatoms. The van der Waals surface area contributed by atoms with Crippen molar-refractivity contribution >= 4 is 11.3 Å². The number of nitrogens with zero attached hydrogens (tertiary/aromatic N) is 2. The minimum Gasteiger partial charge on any atom is -0.317 e. The molecular formula is C18H23N3S. The van der Waals surface area contributed by atoms with E-state index in [0.717, 1.165) is 30.0 Å². The average molecular weight is 313 g/mol. The molecular weight excluding hydrogens is 290 g/mol. The minimum absolute atomic E-state index is 0.0846. The van der Waals surface area contributed by atoms with Gasteiger partial charge in [-0.25, -0.2) is 0 Å². The minimum atomic E-state index is 0.0846. The third-order valence-corrected chi connectivity index (χ3v) is 5.30. The molecule has 22 heavy (non-hydrogen) atoms. The van der Waals surface area contributed by atoms with Crippen LogP contribution in [-0.4, -0.2) is 10.1 Å². The van der Waals surface area contributed by atoms with Gasteiger partial charge in [-0.1, -0.05) is 0 Å². The average Bonchev–Trinajstić information content (AvgIpc) is 3.07. The molecule has 0 aliphatic heterocycles. The van der Waals surface area contributed by atoms with Gasteiger partial charge in [0.25, 0.3) is 0 Å². The predicted octanol–water partition coefficient (Wildman–Crippen LogP) is 4.18. The number of fused-ring (bicyclic) bond motifs is 1. The fraction of sp³-hybridized carbons (Fsp3) is 0.500. The number of thiophene rings is 1. The van der Waals surface area contributed by atoms with Crippen molar-refractivity contribution in [3.63, 3.8) is 0 Å². The molecule has 0 saturated carbocycles. The smallest absolute Gasteiger partial charge is 0.129 e. The van der Waals surface area contributed by atoms with Gasteiger partial charge in [0.05, 0.1) is 5.69 Å². The lowest BCUT2D eigenvalue weighted by Gasteiger charge is -2.22. The van der Waals surface area contributed by atoms with Crippen LogP contribution in [0.4, 0.5) is 0 Å². The SMILES string of the molecule is CC(C)(C)NCc1cccn1-c1c(C#N)sc2c1CCCC2. The highest BCUT2D eigenvalue weighted by molar-refractivity contribution is 7.13. The second kappa shape index (κ2) is 5.91. The Hall–Kier alpha value is -1.57. The molecule has 116 valence electrons. The largest absolute Gasteiger partial charge is 0.317 e. The molecule has 0 spiro atoms. The van der Waals surface area contributed by atoms with Gasteiger partial charge in [-0.3, -0.25) is 0 Å². The number of aryl methyl sites for hydroxylation is 1. The summed E-state index contributed by atoms with van der Waals surface area (Å²) >= 11 is 1.69. The molecule has 0 unspecified atom stereocenters. The highest BCUT2D eigenvalue weighted by atomic mass is 32.1. The molecule has 0 amide bonds. The quantitative estimate of drug-likeness (QED) is 0.923. The van der Waals surface area contributed by atoms with Crippen molar-refractivity contribution in [2.75, 3.05) is 0 Å². The van der Waals surface area contributed by atoms with E-state index in [0.29, 0.717) is 0 Å². The summed E-state index contributed by atoms with van der Waals surface area (Å²) in [5.74, 6) is 0. The molecule has 1 N–H and O–H groups in total. The fourth-order valence-corrected chi connectivity index (χ4v) is 4.19. The van der Waals surface area contributed by atoms with E-state index in [2.05, 4.69) is 55.1 Å². The molecule has 0 aromatic carbocycles. The Balaban J connectivity index is 2.00. The zero-order valence-electron chi connectivity index (χ0n) is 13.6. The number of rotatable bonds is 3. The molecule has 1 aliphatic rings. The Morgan fingerprint density at radius 1 is 1.32 bits per heavy atom. The van der Waals surface area contributed by atoms with Crippen molar-refractivity contribution < 1.29 is 0 Å². The van der Waals surface area contributed by atoms with Crippen molar-refractivity contribution in [2.24, 2.45) is 0 Å². The fourth-order valence-electron chi connectivity index (χ4n) is 3.01. The van der Waals surface area contributed by atoms with Crippen LogP contribution in [-0.2, 0) is 19.4 Å². The van der Waals surface area contributed by atoms with Gasteiger partial charge >= 0.3 is 0 Å². The van der Waals surface area contributed by atoms with Crippen LogP contribution in [0.1, 0.15) is 54.6 Å². The maximum Gasteiger partial charge on any atom is 0.129 e. The first kappa shape index (κ1) is 15.3. The van der Waals surface area contributed by atoms with Crippen molar-refractivity contribution in [3.05, 3.63) is 39.3 Å². The van der Waals surface area contributed by atoms with Gasteiger partial charge < -0.3 is 9.88 Å². The third-order valence-electron chi connectivity index (χ3n) is 4.12. The zero-order chi connectivity index (χ0) is 15.7. The first-order chi connectivity index (χ1) is 10.5. The number of hydrogen-bond acceptors (Lipinski definition) is 3. The van der Waals surface area contributed by atoms with Gasteiger partial charge in [0.1, 0.15) is 10.9 Å².